The van der Waals surface area contributed by atoms with E-state index in [0.717, 1.165) is 6.08 Å². The molecule has 21 heavy (non-hydrogen) atoms. The van der Waals surface area contributed by atoms with Gasteiger partial charge in [-0.3, -0.25) is 4.79 Å². The highest BCUT2D eigenvalue weighted by molar-refractivity contribution is 5.95. The number of aliphatic carboxylic acids is 1. The number of carbonyl (C=O) groups excluding carboxylic acids is 1. The summed E-state index contributed by atoms with van der Waals surface area (Å²) in [5.74, 6) is -1.79. The van der Waals surface area contributed by atoms with E-state index >= 15 is 0 Å². The normalized spacial score (nSPS) is 11.1. The van der Waals surface area contributed by atoms with Gasteiger partial charge in [-0.15, -0.1) is 0 Å². The van der Waals surface area contributed by atoms with Crippen LogP contribution < -0.4 is 0 Å². The summed E-state index contributed by atoms with van der Waals surface area (Å²) < 4.78 is 13.9. The largest absolute Gasteiger partial charge is 0.478 e. The molecule has 0 aliphatic heterocycles. The number of hydrogen-bond donors (Lipinski definition) is 1. The highest BCUT2D eigenvalue weighted by atomic mass is 19.1. The zero-order chi connectivity index (χ0) is 16.0. The second-order valence-electron chi connectivity index (χ2n) is 5.15. The molecule has 0 bridgehead atoms. The van der Waals surface area contributed by atoms with Crippen LogP contribution in [0.2, 0.25) is 0 Å². The van der Waals surface area contributed by atoms with E-state index in [9.17, 15) is 14.0 Å². The third kappa shape index (κ3) is 5.02. The predicted molar refractivity (Wildman–Crippen MR) is 79.5 cm³/mol. The standard InChI is InChI=1S/C16H20FNO3/c1-4-18(10-11(2)3)16(21)13-9-12(5-7-14(13)17)6-8-15(19)20/h5-9,11H,4,10H2,1-3H3,(H,19,20). The average Bonchev–Trinajstić information content (AvgIpc) is 2.42. The van der Waals surface area contributed by atoms with Gasteiger partial charge in [-0.2, -0.15) is 0 Å². The molecule has 0 spiro atoms. The topological polar surface area (TPSA) is 57.6 Å². The fraction of sp³-hybridized carbons (Fsp3) is 0.375. The van der Waals surface area contributed by atoms with Crippen LogP contribution in [0.3, 0.4) is 0 Å². The number of hydrogen-bond acceptors (Lipinski definition) is 2. The number of rotatable bonds is 6. The summed E-state index contributed by atoms with van der Waals surface area (Å²) in [6.45, 7) is 6.85. The Morgan fingerprint density at radius 1 is 1.38 bits per heavy atom. The van der Waals surface area contributed by atoms with Crippen LogP contribution in [0.25, 0.3) is 6.08 Å². The molecule has 1 N–H and O–H groups in total. The van der Waals surface area contributed by atoms with Crippen LogP contribution in [-0.2, 0) is 4.79 Å². The van der Waals surface area contributed by atoms with Crippen LogP contribution in [0, 0.1) is 11.7 Å². The minimum absolute atomic E-state index is 0.0370. The van der Waals surface area contributed by atoms with Crippen molar-refractivity contribution in [3.63, 3.8) is 0 Å². The minimum atomic E-state index is -1.10. The Labute approximate surface area is 123 Å². The van der Waals surface area contributed by atoms with Crippen molar-refractivity contribution in [1.29, 1.82) is 0 Å². The van der Waals surface area contributed by atoms with Gasteiger partial charge in [0.15, 0.2) is 0 Å². The number of amides is 1. The van der Waals surface area contributed by atoms with Crippen LogP contribution in [0.4, 0.5) is 4.39 Å². The van der Waals surface area contributed by atoms with Gasteiger partial charge in [-0.1, -0.05) is 19.9 Å². The van der Waals surface area contributed by atoms with E-state index in [1.807, 2.05) is 20.8 Å². The first kappa shape index (κ1) is 16.9. The SMILES string of the molecule is CCN(CC(C)C)C(=O)c1cc(C=CC(=O)O)ccc1F. The molecular formula is C16H20FNO3. The van der Waals surface area contributed by atoms with Gasteiger partial charge in [0.05, 0.1) is 5.56 Å². The fourth-order valence-electron chi connectivity index (χ4n) is 1.94. The summed E-state index contributed by atoms with van der Waals surface area (Å²) in [7, 11) is 0. The molecule has 0 fully saturated rings. The Hall–Kier alpha value is -2.17. The zero-order valence-electron chi connectivity index (χ0n) is 12.5. The molecule has 1 amide bonds. The molecule has 0 aliphatic rings. The molecule has 0 saturated carbocycles. The predicted octanol–water partition coefficient (Wildman–Crippen LogP) is 3.04. The van der Waals surface area contributed by atoms with E-state index in [4.69, 9.17) is 5.11 Å². The maximum atomic E-state index is 13.9. The quantitative estimate of drug-likeness (QED) is 0.820. The minimum Gasteiger partial charge on any atom is -0.478 e. The Morgan fingerprint density at radius 2 is 2.05 bits per heavy atom. The van der Waals surface area contributed by atoms with Crippen molar-refractivity contribution in [2.24, 2.45) is 5.92 Å². The lowest BCUT2D eigenvalue weighted by Crippen LogP contribution is -2.34. The highest BCUT2D eigenvalue weighted by Gasteiger charge is 2.19. The Kier molecular flexibility index (Phi) is 6.09. The van der Waals surface area contributed by atoms with Gasteiger partial charge in [0.25, 0.3) is 5.91 Å². The maximum absolute atomic E-state index is 13.9. The highest BCUT2D eigenvalue weighted by Crippen LogP contribution is 2.15. The van der Waals surface area contributed by atoms with Crippen LogP contribution in [-0.4, -0.2) is 35.0 Å². The van der Waals surface area contributed by atoms with Crippen molar-refractivity contribution in [3.8, 4) is 0 Å². The molecule has 0 atom stereocenters. The van der Waals surface area contributed by atoms with Crippen molar-refractivity contribution < 1.29 is 19.1 Å². The molecule has 0 unspecified atom stereocenters. The van der Waals surface area contributed by atoms with E-state index in [0.29, 0.717) is 18.7 Å². The van der Waals surface area contributed by atoms with E-state index in [1.54, 1.807) is 4.90 Å². The van der Waals surface area contributed by atoms with Gasteiger partial charge >= 0.3 is 5.97 Å². The summed E-state index contributed by atoms with van der Waals surface area (Å²) in [6.07, 6.45) is 2.28. The number of carbonyl (C=O) groups is 2. The van der Waals surface area contributed by atoms with Crippen LogP contribution in [0.15, 0.2) is 24.3 Å². The maximum Gasteiger partial charge on any atom is 0.328 e. The summed E-state index contributed by atoms with van der Waals surface area (Å²) in [5, 5.41) is 8.60. The summed E-state index contributed by atoms with van der Waals surface area (Å²) >= 11 is 0. The molecule has 5 heteroatoms. The first-order valence-corrected chi connectivity index (χ1v) is 6.85. The molecule has 0 aliphatic carbocycles. The number of halogens is 1. The second kappa shape index (κ2) is 7.57. The van der Waals surface area contributed by atoms with Gasteiger partial charge in [0.2, 0.25) is 0 Å². The third-order valence-corrected chi connectivity index (χ3v) is 2.89. The molecule has 0 heterocycles. The molecule has 0 radical (unpaired) electrons. The molecule has 0 saturated heterocycles. The van der Waals surface area contributed by atoms with Crippen molar-refractivity contribution in [1.82, 2.24) is 4.90 Å². The van der Waals surface area contributed by atoms with Crippen LogP contribution in [0.5, 0.6) is 0 Å². The van der Waals surface area contributed by atoms with E-state index in [2.05, 4.69) is 0 Å². The number of carboxylic acids is 1. The molecular weight excluding hydrogens is 273 g/mol. The lowest BCUT2D eigenvalue weighted by atomic mass is 10.1. The lowest BCUT2D eigenvalue weighted by molar-refractivity contribution is -0.131. The monoisotopic (exact) mass is 293 g/mol. The van der Waals surface area contributed by atoms with Gasteiger partial charge in [0, 0.05) is 19.2 Å². The van der Waals surface area contributed by atoms with Crippen LogP contribution >= 0.6 is 0 Å². The summed E-state index contributed by atoms with van der Waals surface area (Å²) in [4.78, 5) is 24.4. The first-order valence-electron chi connectivity index (χ1n) is 6.85. The fourth-order valence-corrected chi connectivity index (χ4v) is 1.94. The number of benzene rings is 1. The number of carboxylic acid groups (broad SMARTS) is 1. The Morgan fingerprint density at radius 3 is 2.57 bits per heavy atom. The molecule has 4 nitrogen and oxygen atoms in total. The smallest absolute Gasteiger partial charge is 0.328 e. The Balaban J connectivity index is 3.07. The molecule has 1 aromatic rings. The van der Waals surface area contributed by atoms with E-state index in [-0.39, 0.29) is 17.4 Å². The van der Waals surface area contributed by atoms with E-state index < -0.39 is 11.8 Å². The Bertz CT molecular complexity index is 552. The second-order valence-corrected chi connectivity index (χ2v) is 5.15. The lowest BCUT2D eigenvalue weighted by Gasteiger charge is -2.23. The molecule has 114 valence electrons. The zero-order valence-corrected chi connectivity index (χ0v) is 12.5. The molecule has 0 aromatic heterocycles. The summed E-state index contributed by atoms with van der Waals surface area (Å²) in [5.41, 5.74) is 0.438. The number of nitrogens with zero attached hydrogens (tertiary/aromatic N) is 1. The van der Waals surface area contributed by atoms with Gasteiger partial charge in [-0.05, 0) is 36.6 Å². The van der Waals surface area contributed by atoms with Crippen molar-refractivity contribution in [2.75, 3.05) is 13.1 Å². The van der Waals surface area contributed by atoms with Crippen molar-refractivity contribution >= 4 is 18.0 Å². The van der Waals surface area contributed by atoms with Gasteiger partial charge in [0.1, 0.15) is 5.82 Å². The van der Waals surface area contributed by atoms with Gasteiger partial charge in [-0.25, -0.2) is 9.18 Å². The average molecular weight is 293 g/mol. The van der Waals surface area contributed by atoms with Gasteiger partial charge < -0.3 is 10.0 Å². The van der Waals surface area contributed by atoms with Crippen molar-refractivity contribution in [3.05, 3.63) is 41.2 Å². The molecule has 1 rings (SSSR count). The first-order chi connectivity index (χ1) is 9.85. The molecule has 1 aromatic carbocycles. The van der Waals surface area contributed by atoms with E-state index in [1.165, 1.54) is 24.3 Å². The van der Waals surface area contributed by atoms with Crippen molar-refractivity contribution in [2.45, 2.75) is 20.8 Å². The third-order valence-electron chi connectivity index (χ3n) is 2.89. The van der Waals surface area contributed by atoms with Crippen LogP contribution in [0.1, 0.15) is 36.7 Å². The summed E-state index contributed by atoms with van der Waals surface area (Å²) in [6, 6.07) is 3.99.